The maximum Gasteiger partial charge on any atom is 0.333 e. The number of carbonyl (C=O) groups is 1. The van der Waals surface area contributed by atoms with Gasteiger partial charge in [-0.25, -0.2) is 9.18 Å². The lowest BCUT2D eigenvalue weighted by Gasteiger charge is -2.20. The van der Waals surface area contributed by atoms with E-state index in [2.05, 4.69) is 5.32 Å². The summed E-state index contributed by atoms with van der Waals surface area (Å²) in [5, 5.41) is 15.2. The molecule has 5 heteroatoms. The van der Waals surface area contributed by atoms with Crippen LogP contribution in [-0.4, -0.2) is 17.7 Å². The second-order valence-electron chi connectivity index (χ2n) is 5.56. The van der Waals surface area contributed by atoms with E-state index in [1.54, 1.807) is 19.1 Å². The first-order chi connectivity index (χ1) is 12.1. The van der Waals surface area contributed by atoms with E-state index in [9.17, 15) is 14.3 Å². The molecule has 0 aliphatic carbocycles. The zero-order valence-corrected chi connectivity index (χ0v) is 13.7. The number of esters is 1. The highest BCUT2D eigenvalue weighted by atomic mass is 19.1. The van der Waals surface area contributed by atoms with Gasteiger partial charge < -0.3 is 15.2 Å². The second kappa shape index (κ2) is 7.21. The van der Waals surface area contributed by atoms with E-state index in [1.807, 2.05) is 24.3 Å². The molecule has 3 aromatic rings. The van der Waals surface area contributed by atoms with Gasteiger partial charge in [-0.05, 0) is 36.6 Å². The summed E-state index contributed by atoms with van der Waals surface area (Å²) in [6.07, 6.45) is 0. The number of ether oxygens (including phenoxy) is 1. The molecule has 0 fully saturated rings. The van der Waals surface area contributed by atoms with Crippen LogP contribution < -0.4 is 5.32 Å². The number of benzene rings is 3. The number of phenolic OH excluding ortho intramolecular Hbond substituents is 1. The predicted octanol–water partition coefficient (Wildman–Crippen LogP) is 4.40. The molecule has 2 N–H and O–H groups in total. The summed E-state index contributed by atoms with van der Waals surface area (Å²) in [5.41, 5.74) is 0.952. The number of halogens is 1. The molecule has 0 aromatic heterocycles. The molecule has 4 nitrogen and oxygen atoms in total. The Balaban J connectivity index is 2.03. The van der Waals surface area contributed by atoms with E-state index in [0.717, 1.165) is 5.39 Å². The minimum Gasteiger partial charge on any atom is -0.507 e. The van der Waals surface area contributed by atoms with Crippen LogP contribution in [0.5, 0.6) is 5.75 Å². The van der Waals surface area contributed by atoms with Gasteiger partial charge in [-0.2, -0.15) is 0 Å². The number of hydrogen-bond donors (Lipinski definition) is 2. The largest absolute Gasteiger partial charge is 0.507 e. The molecule has 0 aliphatic rings. The molecular formula is C20H18FNO3. The normalized spacial score (nSPS) is 11.9. The minimum atomic E-state index is -0.907. The van der Waals surface area contributed by atoms with Gasteiger partial charge in [-0.15, -0.1) is 0 Å². The zero-order valence-electron chi connectivity index (χ0n) is 13.7. The maximum atomic E-state index is 13.1. The molecule has 25 heavy (non-hydrogen) atoms. The number of carbonyl (C=O) groups excluding carboxylic acids is 1. The topological polar surface area (TPSA) is 58.6 Å². The number of anilines is 1. The van der Waals surface area contributed by atoms with Crippen molar-refractivity contribution in [2.75, 3.05) is 11.9 Å². The van der Waals surface area contributed by atoms with Gasteiger partial charge in [0.15, 0.2) is 6.04 Å². The van der Waals surface area contributed by atoms with E-state index in [1.165, 1.54) is 24.3 Å². The van der Waals surface area contributed by atoms with Crippen molar-refractivity contribution in [1.29, 1.82) is 0 Å². The predicted molar refractivity (Wildman–Crippen MR) is 95.0 cm³/mol. The first-order valence-electron chi connectivity index (χ1n) is 7.99. The standard InChI is InChI=1S/C20H18FNO3/c1-2-25-20(24)18(22-15-10-8-14(21)9-11-15)17-12-7-13-5-3-4-6-16(13)19(17)23/h3-12,18,22-23H,2H2,1H3. The molecule has 0 aliphatic heterocycles. The Morgan fingerprint density at radius 1 is 1.12 bits per heavy atom. The van der Waals surface area contributed by atoms with Gasteiger partial charge in [0.1, 0.15) is 11.6 Å². The molecule has 3 aromatic carbocycles. The molecule has 0 amide bonds. The highest BCUT2D eigenvalue weighted by molar-refractivity contribution is 5.92. The average molecular weight is 339 g/mol. The molecule has 0 spiro atoms. The summed E-state index contributed by atoms with van der Waals surface area (Å²) in [4.78, 5) is 12.4. The van der Waals surface area contributed by atoms with Crippen molar-refractivity contribution in [1.82, 2.24) is 0 Å². The highest BCUT2D eigenvalue weighted by Gasteiger charge is 2.25. The van der Waals surface area contributed by atoms with Crippen LogP contribution in [-0.2, 0) is 9.53 Å². The van der Waals surface area contributed by atoms with Gasteiger partial charge >= 0.3 is 5.97 Å². The van der Waals surface area contributed by atoms with Crippen LogP contribution in [0.15, 0.2) is 60.7 Å². The summed E-state index contributed by atoms with van der Waals surface area (Å²) in [7, 11) is 0. The van der Waals surface area contributed by atoms with Crippen molar-refractivity contribution in [3.63, 3.8) is 0 Å². The van der Waals surface area contributed by atoms with E-state index in [0.29, 0.717) is 16.6 Å². The van der Waals surface area contributed by atoms with Crippen molar-refractivity contribution >= 4 is 22.4 Å². The Hall–Kier alpha value is -3.08. The number of aromatic hydroxyl groups is 1. The number of hydrogen-bond acceptors (Lipinski definition) is 4. The van der Waals surface area contributed by atoms with Crippen molar-refractivity contribution < 1.29 is 19.0 Å². The SMILES string of the molecule is CCOC(=O)C(Nc1ccc(F)cc1)c1ccc2ccccc2c1O. The highest BCUT2D eigenvalue weighted by Crippen LogP contribution is 2.34. The van der Waals surface area contributed by atoms with E-state index in [4.69, 9.17) is 4.74 Å². The van der Waals surface area contributed by atoms with Gasteiger partial charge in [-0.3, -0.25) is 0 Å². The van der Waals surface area contributed by atoms with Crippen LogP contribution in [0.25, 0.3) is 10.8 Å². The van der Waals surface area contributed by atoms with Crippen LogP contribution in [0.2, 0.25) is 0 Å². The molecular weight excluding hydrogens is 321 g/mol. The van der Waals surface area contributed by atoms with Gasteiger partial charge in [0.2, 0.25) is 0 Å². The Morgan fingerprint density at radius 3 is 2.56 bits per heavy atom. The molecule has 1 atom stereocenters. The third kappa shape index (κ3) is 3.55. The Kier molecular flexibility index (Phi) is 4.84. The van der Waals surface area contributed by atoms with E-state index in [-0.39, 0.29) is 18.2 Å². The zero-order chi connectivity index (χ0) is 17.8. The molecule has 128 valence electrons. The molecule has 0 saturated heterocycles. The first kappa shape index (κ1) is 16.8. The summed E-state index contributed by atoms with van der Waals surface area (Å²) in [6, 6.07) is 15.6. The van der Waals surface area contributed by atoms with Gasteiger partial charge in [0, 0.05) is 16.6 Å². The lowest BCUT2D eigenvalue weighted by Crippen LogP contribution is -2.23. The minimum absolute atomic E-state index is 0.0192. The van der Waals surface area contributed by atoms with Crippen LogP contribution in [0.1, 0.15) is 18.5 Å². The smallest absolute Gasteiger partial charge is 0.333 e. The number of phenols is 1. The molecule has 0 saturated carbocycles. The molecule has 3 rings (SSSR count). The monoisotopic (exact) mass is 339 g/mol. The fraction of sp³-hybridized carbons (Fsp3) is 0.150. The van der Waals surface area contributed by atoms with Crippen LogP contribution in [0, 0.1) is 5.82 Å². The van der Waals surface area contributed by atoms with Crippen molar-refractivity contribution in [2.24, 2.45) is 0 Å². The molecule has 0 heterocycles. The van der Waals surface area contributed by atoms with Gasteiger partial charge in [-0.1, -0.05) is 36.4 Å². The van der Waals surface area contributed by atoms with E-state index >= 15 is 0 Å². The molecule has 0 radical (unpaired) electrons. The van der Waals surface area contributed by atoms with Crippen molar-refractivity contribution in [2.45, 2.75) is 13.0 Å². The van der Waals surface area contributed by atoms with Crippen LogP contribution >= 0.6 is 0 Å². The van der Waals surface area contributed by atoms with Gasteiger partial charge in [0.05, 0.1) is 6.61 Å². The Bertz CT molecular complexity index is 893. The van der Waals surface area contributed by atoms with Gasteiger partial charge in [0.25, 0.3) is 0 Å². The molecule has 0 bridgehead atoms. The summed E-state index contributed by atoms with van der Waals surface area (Å²) in [5.74, 6) is -0.866. The van der Waals surface area contributed by atoms with Crippen LogP contribution in [0.3, 0.4) is 0 Å². The number of rotatable bonds is 5. The quantitative estimate of drug-likeness (QED) is 0.677. The van der Waals surface area contributed by atoms with Crippen LogP contribution in [0.4, 0.5) is 10.1 Å². The van der Waals surface area contributed by atoms with Crippen molar-refractivity contribution in [3.05, 3.63) is 72.0 Å². The van der Waals surface area contributed by atoms with E-state index < -0.39 is 12.0 Å². The average Bonchev–Trinajstić information content (AvgIpc) is 2.62. The third-order valence-corrected chi connectivity index (χ3v) is 3.92. The summed E-state index contributed by atoms with van der Waals surface area (Å²) >= 11 is 0. The van der Waals surface area contributed by atoms with Crippen molar-refractivity contribution in [3.8, 4) is 5.75 Å². The summed E-state index contributed by atoms with van der Waals surface area (Å²) in [6.45, 7) is 1.93. The maximum absolute atomic E-state index is 13.1. The molecule has 1 unspecified atom stereocenters. The fourth-order valence-electron chi connectivity index (χ4n) is 2.71. The third-order valence-electron chi connectivity index (χ3n) is 3.92. The first-order valence-corrected chi connectivity index (χ1v) is 7.99. The number of fused-ring (bicyclic) bond motifs is 1. The fourth-order valence-corrected chi connectivity index (χ4v) is 2.71. The summed E-state index contributed by atoms with van der Waals surface area (Å²) < 4.78 is 18.2. The Labute approximate surface area is 144 Å². The number of nitrogens with one attached hydrogen (secondary N) is 1. The lowest BCUT2D eigenvalue weighted by atomic mass is 9.99. The Morgan fingerprint density at radius 2 is 1.84 bits per heavy atom. The second-order valence-corrected chi connectivity index (χ2v) is 5.56. The lowest BCUT2D eigenvalue weighted by molar-refractivity contribution is -0.144.